The molecule has 0 saturated carbocycles. The first-order valence-electron chi connectivity index (χ1n) is 22.5. The van der Waals surface area contributed by atoms with Crippen molar-refractivity contribution in [3.63, 3.8) is 0 Å². The third-order valence-electron chi connectivity index (χ3n) is 12.1. The molecule has 8 aromatic rings. The van der Waals surface area contributed by atoms with Crippen LogP contribution in [0.15, 0.2) is 146 Å². The molecule has 0 saturated heterocycles. The van der Waals surface area contributed by atoms with Gasteiger partial charge >= 0.3 is 0 Å². The number of hydrogen-bond acceptors (Lipinski definition) is 4. The number of nitrogens with zero attached hydrogens (tertiary/aromatic N) is 3. The molecule has 2 aromatic heterocycles. The van der Waals surface area contributed by atoms with Crippen molar-refractivity contribution < 1.29 is 4.74 Å². The first kappa shape index (κ1) is 43.3. The molecule has 0 aliphatic rings. The lowest BCUT2D eigenvalue weighted by atomic mass is 9.84. The van der Waals surface area contributed by atoms with Crippen LogP contribution in [-0.2, 0) is 22.7 Å². The van der Waals surface area contributed by atoms with Gasteiger partial charge in [-0.2, -0.15) is 0 Å². The van der Waals surface area contributed by atoms with E-state index in [1.54, 1.807) is 0 Å². The fourth-order valence-corrected chi connectivity index (χ4v) is 8.47. The molecule has 0 amide bonds. The Bertz CT molecular complexity index is 2920. The standard InChI is InChI=1S/C58H64N4O/c1-38(2)29-39-27-28-59-55(30-39)62-52-25-21-42(56(3,4)5)34-50(52)49-24-23-48(37-54(49)62)63-47-20-16-19-46(36-47)61(12)53-26-22-43(57(6,7)8)35-51(53)60-45-32-41(40-17-14-13-15-18-40)31-44(33-45)58(9,10)11/h13-28,30-38,60H,29H2,1-12H3. The van der Waals surface area contributed by atoms with Crippen LogP contribution < -0.4 is 15.0 Å². The Morgan fingerprint density at radius 1 is 0.587 bits per heavy atom. The number of fused-ring (bicyclic) bond motifs is 3. The van der Waals surface area contributed by atoms with Gasteiger partial charge in [-0.3, -0.25) is 4.57 Å². The van der Waals surface area contributed by atoms with Crippen molar-refractivity contribution in [1.82, 2.24) is 9.55 Å². The minimum Gasteiger partial charge on any atom is -0.457 e. The topological polar surface area (TPSA) is 42.3 Å². The zero-order valence-corrected chi connectivity index (χ0v) is 39.4. The van der Waals surface area contributed by atoms with Gasteiger partial charge in [-0.1, -0.05) is 131 Å². The predicted octanol–water partition coefficient (Wildman–Crippen LogP) is 16.2. The van der Waals surface area contributed by atoms with Crippen molar-refractivity contribution >= 4 is 44.6 Å². The van der Waals surface area contributed by atoms with Gasteiger partial charge in [0.05, 0.1) is 22.4 Å². The summed E-state index contributed by atoms with van der Waals surface area (Å²) in [5.41, 5.74) is 13.9. The summed E-state index contributed by atoms with van der Waals surface area (Å²) >= 11 is 0. The summed E-state index contributed by atoms with van der Waals surface area (Å²) < 4.78 is 9.07. The van der Waals surface area contributed by atoms with E-state index in [4.69, 9.17) is 9.72 Å². The van der Waals surface area contributed by atoms with Gasteiger partial charge in [0.1, 0.15) is 17.3 Å². The highest BCUT2D eigenvalue weighted by Crippen LogP contribution is 2.41. The van der Waals surface area contributed by atoms with Gasteiger partial charge in [0.15, 0.2) is 0 Å². The van der Waals surface area contributed by atoms with Gasteiger partial charge < -0.3 is 15.0 Å². The minimum absolute atomic E-state index is 0.0218. The Kier molecular flexibility index (Phi) is 11.5. The predicted molar refractivity (Wildman–Crippen MR) is 269 cm³/mol. The van der Waals surface area contributed by atoms with Gasteiger partial charge in [0.25, 0.3) is 0 Å². The lowest BCUT2D eigenvalue weighted by Gasteiger charge is -2.28. The Hall–Kier alpha value is -6.33. The van der Waals surface area contributed by atoms with Crippen LogP contribution in [0, 0.1) is 5.92 Å². The van der Waals surface area contributed by atoms with Crippen LogP contribution in [0.25, 0.3) is 38.8 Å². The van der Waals surface area contributed by atoms with E-state index < -0.39 is 0 Å². The second kappa shape index (κ2) is 16.7. The summed E-state index contributed by atoms with van der Waals surface area (Å²) in [6.45, 7) is 25.0. The average Bonchev–Trinajstić information content (AvgIpc) is 3.55. The maximum absolute atomic E-state index is 6.77. The highest BCUT2D eigenvalue weighted by atomic mass is 16.5. The summed E-state index contributed by atoms with van der Waals surface area (Å²) in [7, 11) is 2.13. The zero-order valence-electron chi connectivity index (χ0n) is 39.4. The second-order valence-corrected chi connectivity index (χ2v) is 20.8. The number of nitrogens with one attached hydrogen (secondary N) is 1. The Balaban J connectivity index is 1.16. The van der Waals surface area contributed by atoms with Crippen molar-refractivity contribution in [1.29, 1.82) is 0 Å². The molecule has 8 rings (SSSR count). The summed E-state index contributed by atoms with van der Waals surface area (Å²) in [5, 5.41) is 6.29. The average molecular weight is 833 g/mol. The van der Waals surface area contributed by atoms with E-state index in [1.807, 2.05) is 12.3 Å². The minimum atomic E-state index is -0.0294. The third kappa shape index (κ3) is 9.39. The maximum Gasteiger partial charge on any atom is 0.137 e. The molecule has 322 valence electrons. The van der Waals surface area contributed by atoms with Crippen LogP contribution in [0.1, 0.15) is 98.4 Å². The highest BCUT2D eigenvalue weighted by Gasteiger charge is 2.22. The van der Waals surface area contributed by atoms with Crippen LogP contribution in [-0.4, -0.2) is 16.6 Å². The normalized spacial score (nSPS) is 12.3. The molecule has 0 radical (unpaired) electrons. The van der Waals surface area contributed by atoms with E-state index in [9.17, 15) is 0 Å². The van der Waals surface area contributed by atoms with Crippen LogP contribution >= 0.6 is 0 Å². The Morgan fingerprint density at radius 3 is 2.00 bits per heavy atom. The number of hydrogen-bond donors (Lipinski definition) is 1. The third-order valence-corrected chi connectivity index (χ3v) is 12.1. The van der Waals surface area contributed by atoms with E-state index in [0.717, 1.165) is 57.5 Å². The molecular formula is C58H64N4O. The number of anilines is 4. The van der Waals surface area contributed by atoms with E-state index >= 15 is 0 Å². The number of aromatic nitrogens is 2. The van der Waals surface area contributed by atoms with Crippen molar-refractivity contribution in [2.45, 2.75) is 98.8 Å². The SMILES string of the molecule is CC(C)Cc1ccnc(-n2c3ccc(C(C)(C)C)cc3c3ccc(Oc4cccc(N(C)c5ccc(C(C)(C)C)cc5Nc5cc(-c6ccccc6)cc(C(C)(C)C)c5)c4)cc32)c1. The molecule has 63 heavy (non-hydrogen) atoms. The highest BCUT2D eigenvalue weighted by molar-refractivity contribution is 6.09. The molecule has 0 bridgehead atoms. The van der Waals surface area contributed by atoms with Crippen molar-refractivity contribution in [3.05, 3.63) is 168 Å². The van der Waals surface area contributed by atoms with E-state index in [0.29, 0.717) is 5.92 Å². The van der Waals surface area contributed by atoms with Crippen molar-refractivity contribution in [2.24, 2.45) is 5.92 Å². The molecule has 6 aromatic carbocycles. The molecule has 1 N–H and O–H groups in total. The summed E-state index contributed by atoms with van der Waals surface area (Å²) in [5.74, 6) is 3.00. The van der Waals surface area contributed by atoms with Gasteiger partial charge in [0, 0.05) is 47.5 Å². The van der Waals surface area contributed by atoms with Crippen LogP contribution in [0.4, 0.5) is 22.7 Å². The maximum atomic E-state index is 6.77. The van der Waals surface area contributed by atoms with Crippen LogP contribution in [0.5, 0.6) is 11.5 Å². The largest absolute Gasteiger partial charge is 0.457 e. The van der Waals surface area contributed by atoms with Crippen molar-refractivity contribution in [2.75, 3.05) is 17.3 Å². The summed E-state index contributed by atoms with van der Waals surface area (Å²) in [4.78, 5) is 7.18. The number of ether oxygens (including phenoxy) is 1. The molecule has 0 fully saturated rings. The summed E-state index contributed by atoms with van der Waals surface area (Å²) in [6.07, 6.45) is 2.94. The second-order valence-electron chi connectivity index (χ2n) is 20.8. The smallest absolute Gasteiger partial charge is 0.137 e. The fraction of sp³-hybridized carbons (Fsp3) is 0.293. The van der Waals surface area contributed by atoms with Crippen LogP contribution in [0.3, 0.4) is 0 Å². The summed E-state index contributed by atoms with van der Waals surface area (Å²) in [6, 6.07) is 50.5. The van der Waals surface area contributed by atoms with Gasteiger partial charge in [-0.05, 0) is 135 Å². The zero-order chi connectivity index (χ0) is 44.8. The van der Waals surface area contributed by atoms with Gasteiger partial charge in [0.2, 0.25) is 0 Å². The van der Waals surface area contributed by atoms with Gasteiger partial charge in [-0.15, -0.1) is 0 Å². The number of rotatable bonds is 10. The molecule has 0 aliphatic heterocycles. The molecule has 2 heterocycles. The quantitative estimate of drug-likeness (QED) is 0.149. The molecule has 0 unspecified atom stereocenters. The molecule has 0 spiro atoms. The fourth-order valence-electron chi connectivity index (χ4n) is 8.47. The molecular weight excluding hydrogens is 769 g/mol. The van der Waals surface area contributed by atoms with Gasteiger partial charge in [-0.25, -0.2) is 4.98 Å². The molecule has 0 aliphatic carbocycles. The first-order chi connectivity index (χ1) is 29.8. The monoisotopic (exact) mass is 833 g/mol. The van der Waals surface area contributed by atoms with E-state index in [1.165, 1.54) is 44.2 Å². The van der Waals surface area contributed by atoms with Crippen molar-refractivity contribution in [3.8, 4) is 28.4 Å². The Morgan fingerprint density at radius 2 is 1.29 bits per heavy atom. The first-order valence-corrected chi connectivity index (χ1v) is 22.5. The molecule has 5 nitrogen and oxygen atoms in total. The Labute approximate surface area is 375 Å². The van der Waals surface area contributed by atoms with Crippen LogP contribution in [0.2, 0.25) is 0 Å². The molecule has 0 atom stereocenters. The van der Waals surface area contributed by atoms with E-state index in [2.05, 4.69) is 231 Å². The lowest BCUT2D eigenvalue weighted by molar-refractivity contribution is 0.483. The number of benzene rings is 6. The number of pyridine rings is 1. The van der Waals surface area contributed by atoms with E-state index in [-0.39, 0.29) is 16.2 Å². The molecule has 5 heteroatoms. The lowest BCUT2D eigenvalue weighted by Crippen LogP contribution is -2.15.